The summed E-state index contributed by atoms with van der Waals surface area (Å²) in [6.07, 6.45) is 6.59. The number of carbonyl (C=O) groups excluding carboxylic acids is 2. The normalized spacial score (nSPS) is 13.7. The lowest BCUT2D eigenvalue weighted by Crippen LogP contribution is -2.22. The molecule has 0 atom stereocenters. The number of aromatic nitrogens is 2. The summed E-state index contributed by atoms with van der Waals surface area (Å²) in [6.45, 7) is 1.26. The van der Waals surface area contributed by atoms with Crippen molar-refractivity contribution < 1.29 is 9.59 Å². The highest BCUT2D eigenvalue weighted by atomic mass is 16.2. The standard InChI is InChI=1S/C26H24N6O2/c1-31-15-19(17-9-3-5-11-21(17)31)23-24(26(34)29-25(23)33)20-16-32(14-8-2-7-13-28-30-27)22-12-6-4-10-18(20)22/h3-6,9-12,15-16H,2,7-8,13-14H2,1H3,(H,29,33,34). The molecule has 170 valence electrons. The average molecular weight is 453 g/mol. The van der Waals surface area contributed by atoms with Crippen molar-refractivity contribution in [3.05, 3.63) is 82.5 Å². The second-order valence-electron chi connectivity index (χ2n) is 8.47. The fraction of sp³-hybridized carbons (Fsp3) is 0.231. The minimum absolute atomic E-state index is 0.369. The minimum atomic E-state index is -0.370. The van der Waals surface area contributed by atoms with Crippen LogP contribution in [0.2, 0.25) is 0 Å². The zero-order valence-electron chi connectivity index (χ0n) is 18.9. The van der Waals surface area contributed by atoms with Crippen molar-refractivity contribution in [3.63, 3.8) is 0 Å². The molecule has 1 N–H and O–H groups in total. The summed E-state index contributed by atoms with van der Waals surface area (Å²) in [5.41, 5.74) is 12.8. The molecule has 2 aromatic heterocycles. The smallest absolute Gasteiger partial charge is 0.259 e. The molecule has 4 aromatic rings. The number of amides is 2. The average Bonchev–Trinajstić information content (AvgIpc) is 3.47. The van der Waals surface area contributed by atoms with Crippen LogP contribution in [0.15, 0.2) is 66.0 Å². The van der Waals surface area contributed by atoms with Crippen molar-refractivity contribution >= 4 is 44.8 Å². The molecule has 5 rings (SSSR count). The van der Waals surface area contributed by atoms with Crippen LogP contribution in [0.25, 0.3) is 43.4 Å². The molecule has 2 amide bonds. The largest absolute Gasteiger partial charge is 0.350 e. The first kappa shape index (κ1) is 21.6. The number of hydrogen-bond acceptors (Lipinski definition) is 3. The molecule has 0 fully saturated rings. The Labute approximate surface area is 196 Å². The van der Waals surface area contributed by atoms with Crippen LogP contribution in [0, 0.1) is 0 Å². The number of imide groups is 1. The number of fused-ring (bicyclic) bond motifs is 2. The van der Waals surface area contributed by atoms with Gasteiger partial charge < -0.3 is 9.13 Å². The Hall–Kier alpha value is -4.29. The first-order chi connectivity index (χ1) is 16.6. The van der Waals surface area contributed by atoms with Gasteiger partial charge in [-0.25, -0.2) is 0 Å². The molecule has 0 unspecified atom stereocenters. The van der Waals surface area contributed by atoms with Gasteiger partial charge in [-0.2, -0.15) is 0 Å². The topological polar surface area (TPSA) is 105 Å². The number of para-hydroxylation sites is 2. The van der Waals surface area contributed by atoms with Crippen molar-refractivity contribution in [3.8, 4) is 0 Å². The third kappa shape index (κ3) is 3.64. The van der Waals surface area contributed by atoms with Gasteiger partial charge >= 0.3 is 0 Å². The molecule has 0 saturated carbocycles. The number of nitrogens with zero attached hydrogens (tertiary/aromatic N) is 5. The number of unbranched alkanes of at least 4 members (excludes halogenated alkanes) is 2. The molecule has 1 aliphatic rings. The van der Waals surface area contributed by atoms with Crippen LogP contribution < -0.4 is 5.32 Å². The summed E-state index contributed by atoms with van der Waals surface area (Å²) in [7, 11) is 1.94. The summed E-state index contributed by atoms with van der Waals surface area (Å²) in [5, 5.41) is 7.99. The van der Waals surface area contributed by atoms with Gasteiger partial charge in [0.15, 0.2) is 0 Å². The number of azide groups is 1. The van der Waals surface area contributed by atoms with Crippen molar-refractivity contribution in [2.45, 2.75) is 25.8 Å². The Bertz CT molecular complexity index is 1520. The van der Waals surface area contributed by atoms with Gasteiger partial charge in [0.1, 0.15) is 0 Å². The first-order valence-corrected chi connectivity index (χ1v) is 11.3. The molecular formula is C26H24N6O2. The second-order valence-corrected chi connectivity index (χ2v) is 8.47. The van der Waals surface area contributed by atoms with E-state index in [1.54, 1.807) is 0 Å². The van der Waals surface area contributed by atoms with Crippen LogP contribution in [0.5, 0.6) is 0 Å². The highest BCUT2D eigenvalue weighted by molar-refractivity contribution is 6.50. The highest BCUT2D eigenvalue weighted by Gasteiger charge is 2.35. The molecule has 8 nitrogen and oxygen atoms in total. The van der Waals surface area contributed by atoms with Crippen molar-refractivity contribution in [2.75, 3.05) is 6.54 Å². The summed E-state index contributed by atoms with van der Waals surface area (Å²) in [6, 6.07) is 15.8. The monoisotopic (exact) mass is 452 g/mol. The number of benzene rings is 2. The van der Waals surface area contributed by atoms with E-state index in [1.165, 1.54) is 0 Å². The second kappa shape index (κ2) is 8.92. The minimum Gasteiger partial charge on any atom is -0.350 e. The zero-order valence-corrected chi connectivity index (χ0v) is 18.9. The molecule has 0 saturated heterocycles. The van der Waals surface area contributed by atoms with E-state index in [9.17, 15) is 9.59 Å². The number of hydrogen-bond donors (Lipinski definition) is 1. The Morgan fingerprint density at radius 3 is 2.18 bits per heavy atom. The molecule has 0 radical (unpaired) electrons. The van der Waals surface area contributed by atoms with Crippen LogP contribution in [0.3, 0.4) is 0 Å². The van der Waals surface area contributed by atoms with E-state index in [-0.39, 0.29) is 11.8 Å². The maximum absolute atomic E-state index is 13.1. The van der Waals surface area contributed by atoms with E-state index in [0.29, 0.717) is 17.7 Å². The lowest BCUT2D eigenvalue weighted by molar-refractivity contribution is -0.122. The van der Waals surface area contributed by atoms with Crippen molar-refractivity contribution in [2.24, 2.45) is 12.2 Å². The van der Waals surface area contributed by atoms with Crippen LogP contribution in [-0.2, 0) is 23.2 Å². The fourth-order valence-electron chi connectivity index (χ4n) is 4.83. The van der Waals surface area contributed by atoms with Gasteiger partial charge in [0, 0.05) is 70.4 Å². The molecular weight excluding hydrogens is 428 g/mol. The SMILES string of the molecule is Cn1cc(C2=C(c3cn(CCCCCN=[N+]=[N-])c4ccccc34)C(=O)NC2=O)c2ccccc21. The third-order valence-corrected chi connectivity index (χ3v) is 6.38. The van der Waals surface area contributed by atoms with E-state index in [0.717, 1.165) is 58.7 Å². The molecule has 2 aromatic carbocycles. The molecule has 0 bridgehead atoms. The quantitative estimate of drug-likeness (QED) is 0.131. The third-order valence-electron chi connectivity index (χ3n) is 6.38. The molecule has 3 heterocycles. The number of nitrogens with one attached hydrogen (secondary N) is 1. The van der Waals surface area contributed by atoms with E-state index in [2.05, 4.69) is 19.9 Å². The molecule has 34 heavy (non-hydrogen) atoms. The summed E-state index contributed by atoms with van der Waals surface area (Å²) in [5.74, 6) is -0.739. The summed E-state index contributed by atoms with van der Waals surface area (Å²) >= 11 is 0. The van der Waals surface area contributed by atoms with E-state index >= 15 is 0 Å². The molecule has 0 spiro atoms. The number of rotatable bonds is 8. The Balaban J connectivity index is 1.61. The van der Waals surface area contributed by atoms with Gasteiger partial charge in [0.2, 0.25) is 0 Å². The van der Waals surface area contributed by atoms with Crippen LogP contribution >= 0.6 is 0 Å². The molecule has 8 heteroatoms. The van der Waals surface area contributed by atoms with Gasteiger partial charge in [0.05, 0.1) is 11.1 Å². The zero-order chi connectivity index (χ0) is 23.7. The van der Waals surface area contributed by atoms with Gasteiger partial charge in [-0.1, -0.05) is 47.9 Å². The maximum atomic E-state index is 13.1. The summed E-state index contributed by atoms with van der Waals surface area (Å²) < 4.78 is 4.12. The summed E-state index contributed by atoms with van der Waals surface area (Å²) in [4.78, 5) is 28.9. The van der Waals surface area contributed by atoms with Gasteiger partial charge in [-0.3, -0.25) is 14.9 Å². The predicted molar refractivity (Wildman–Crippen MR) is 133 cm³/mol. The van der Waals surface area contributed by atoms with Crippen molar-refractivity contribution in [1.82, 2.24) is 14.5 Å². The van der Waals surface area contributed by atoms with Gasteiger partial charge in [0.25, 0.3) is 11.8 Å². The maximum Gasteiger partial charge on any atom is 0.259 e. The lowest BCUT2D eigenvalue weighted by atomic mass is 9.95. The van der Waals surface area contributed by atoms with Crippen molar-refractivity contribution in [1.29, 1.82) is 0 Å². The predicted octanol–water partition coefficient (Wildman–Crippen LogP) is 5.18. The first-order valence-electron chi connectivity index (χ1n) is 11.3. The van der Waals surface area contributed by atoms with Gasteiger partial charge in [-0.15, -0.1) is 0 Å². The Morgan fingerprint density at radius 1 is 0.853 bits per heavy atom. The fourth-order valence-corrected chi connectivity index (χ4v) is 4.83. The van der Waals surface area contributed by atoms with Crippen LogP contribution in [-0.4, -0.2) is 27.5 Å². The van der Waals surface area contributed by atoms with Gasteiger partial charge in [-0.05, 0) is 30.5 Å². The number of carbonyl (C=O) groups is 2. The number of aryl methyl sites for hydroxylation is 2. The lowest BCUT2D eigenvalue weighted by Gasteiger charge is -2.04. The Morgan fingerprint density at radius 2 is 1.47 bits per heavy atom. The molecule has 0 aliphatic carbocycles. The van der Waals surface area contributed by atoms with E-state index < -0.39 is 0 Å². The van der Waals surface area contributed by atoms with E-state index in [1.807, 2.05) is 72.5 Å². The van der Waals surface area contributed by atoms with Crippen LogP contribution in [0.1, 0.15) is 30.4 Å². The van der Waals surface area contributed by atoms with Crippen LogP contribution in [0.4, 0.5) is 0 Å². The Kier molecular flexibility index (Phi) is 5.65. The molecule has 1 aliphatic heterocycles. The highest BCUT2D eigenvalue weighted by Crippen LogP contribution is 2.38. The van der Waals surface area contributed by atoms with E-state index in [4.69, 9.17) is 5.53 Å².